The van der Waals surface area contributed by atoms with Gasteiger partial charge in [-0.3, -0.25) is 4.79 Å². The number of benzene rings is 1. The van der Waals surface area contributed by atoms with Gasteiger partial charge in [-0.1, -0.05) is 12.1 Å². The molecule has 0 atom stereocenters. The molecule has 1 saturated heterocycles. The topological polar surface area (TPSA) is 32.3 Å². The van der Waals surface area contributed by atoms with Crippen LogP contribution in [0.25, 0.3) is 5.70 Å². The molecule has 0 spiro atoms. The first-order chi connectivity index (χ1) is 8.98. The molecule has 0 unspecified atom stereocenters. The lowest BCUT2D eigenvalue weighted by molar-refractivity contribution is -0.124. The highest BCUT2D eigenvalue weighted by molar-refractivity contribution is 9.10. The van der Waals surface area contributed by atoms with Crippen LogP contribution in [-0.4, -0.2) is 22.9 Å². The first kappa shape index (κ1) is 12.7. The zero-order valence-corrected chi connectivity index (χ0v) is 12.8. The second kappa shape index (κ2) is 4.37. The summed E-state index contributed by atoms with van der Waals surface area (Å²) in [6.07, 6.45) is 3.77. The standard InChI is InChI=1S/C15H17BrN2O/c1-15(2)9-12(18-8-4-7-13(18)19)10-5-3-6-11(16)14(10)17-15/h3,5-6,9,17H,4,7-8H2,1-2H3. The van der Waals surface area contributed by atoms with Crippen LogP contribution in [0.1, 0.15) is 32.3 Å². The van der Waals surface area contributed by atoms with Crippen LogP contribution in [0.15, 0.2) is 28.7 Å². The predicted octanol–water partition coefficient (Wildman–Crippen LogP) is 3.62. The Morgan fingerprint density at radius 1 is 1.37 bits per heavy atom. The maximum absolute atomic E-state index is 12.0. The number of carbonyl (C=O) groups is 1. The SMILES string of the molecule is CC1(C)C=C(N2CCCC2=O)c2cccc(Br)c2N1. The zero-order valence-electron chi connectivity index (χ0n) is 11.2. The van der Waals surface area contributed by atoms with Crippen molar-refractivity contribution in [3.05, 3.63) is 34.3 Å². The van der Waals surface area contributed by atoms with Gasteiger partial charge in [-0.15, -0.1) is 0 Å². The fourth-order valence-corrected chi connectivity index (χ4v) is 3.23. The predicted molar refractivity (Wildman–Crippen MR) is 80.8 cm³/mol. The van der Waals surface area contributed by atoms with Crippen molar-refractivity contribution in [1.29, 1.82) is 0 Å². The van der Waals surface area contributed by atoms with Crippen molar-refractivity contribution in [3.63, 3.8) is 0 Å². The quantitative estimate of drug-likeness (QED) is 0.857. The number of amides is 1. The summed E-state index contributed by atoms with van der Waals surface area (Å²) in [6.45, 7) is 5.07. The Labute approximate surface area is 121 Å². The van der Waals surface area contributed by atoms with Crippen LogP contribution in [0.5, 0.6) is 0 Å². The van der Waals surface area contributed by atoms with E-state index in [1.807, 2.05) is 17.0 Å². The van der Waals surface area contributed by atoms with Crippen LogP contribution >= 0.6 is 15.9 Å². The van der Waals surface area contributed by atoms with Gasteiger partial charge in [0.1, 0.15) is 0 Å². The minimum Gasteiger partial charge on any atom is -0.375 e. The molecule has 4 heteroatoms. The maximum atomic E-state index is 12.0. The third-order valence-corrected chi connectivity index (χ3v) is 4.26. The highest BCUT2D eigenvalue weighted by atomic mass is 79.9. The smallest absolute Gasteiger partial charge is 0.227 e. The van der Waals surface area contributed by atoms with E-state index in [1.54, 1.807) is 0 Å². The van der Waals surface area contributed by atoms with Gasteiger partial charge in [-0.25, -0.2) is 0 Å². The molecule has 0 saturated carbocycles. The van der Waals surface area contributed by atoms with E-state index in [-0.39, 0.29) is 11.4 Å². The Morgan fingerprint density at radius 3 is 2.84 bits per heavy atom. The Hall–Kier alpha value is -1.29. The molecule has 1 amide bonds. The van der Waals surface area contributed by atoms with Gasteiger partial charge in [0, 0.05) is 23.0 Å². The number of nitrogens with one attached hydrogen (secondary N) is 1. The summed E-state index contributed by atoms with van der Waals surface area (Å²) < 4.78 is 1.04. The highest BCUT2D eigenvalue weighted by Gasteiger charge is 2.32. The van der Waals surface area contributed by atoms with Crippen molar-refractivity contribution in [3.8, 4) is 0 Å². The molecule has 3 rings (SSSR count). The molecule has 100 valence electrons. The number of halogens is 1. The molecule has 0 aliphatic carbocycles. The maximum Gasteiger partial charge on any atom is 0.227 e. The summed E-state index contributed by atoms with van der Waals surface area (Å²) in [7, 11) is 0. The Kier molecular flexibility index (Phi) is 2.93. The molecule has 1 N–H and O–H groups in total. The molecule has 0 radical (unpaired) electrons. The number of fused-ring (bicyclic) bond motifs is 1. The fourth-order valence-electron chi connectivity index (χ4n) is 2.77. The lowest BCUT2D eigenvalue weighted by atomic mass is 9.93. The zero-order chi connectivity index (χ0) is 13.6. The molecule has 2 aliphatic rings. The van der Waals surface area contributed by atoms with Crippen LogP contribution in [0.3, 0.4) is 0 Å². The minimum absolute atomic E-state index is 0.158. The van der Waals surface area contributed by atoms with E-state index in [4.69, 9.17) is 0 Å². The van der Waals surface area contributed by atoms with Crippen molar-refractivity contribution in [2.75, 3.05) is 11.9 Å². The van der Waals surface area contributed by atoms with Gasteiger partial charge in [-0.2, -0.15) is 0 Å². The van der Waals surface area contributed by atoms with Crippen LogP contribution in [0, 0.1) is 0 Å². The highest BCUT2D eigenvalue weighted by Crippen LogP contribution is 2.40. The van der Waals surface area contributed by atoms with E-state index in [2.05, 4.69) is 47.2 Å². The second-order valence-electron chi connectivity index (χ2n) is 5.69. The molecular weight excluding hydrogens is 304 g/mol. The molecule has 1 fully saturated rings. The second-order valence-corrected chi connectivity index (χ2v) is 6.54. The summed E-state index contributed by atoms with van der Waals surface area (Å²) in [5, 5.41) is 3.51. The van der Waals surface area contributed by atoms with E-state index >= 15 is 0 Å². The summed E-state index contributed by atoms with van der Waals surface area (Å²) in [5.41, 5.74) is 3.06. The van der Waals surface area contributed by atoms with Crippen LogP contribution in [0.2, 0.25) is 0 Å². The first-order valence-electron chi connectivity index (χ1n) is 6.58. The number of para-hydroxylation sites is 1. The number of hydrogen-bond acceptors (Lipinski definition) is 2. The molecule has 2 heterocycles. The third kappa shape index (κ3) is 2.18. The average Bonchev–Trinajstić information content (AvgIpc) is 2.75. The van der Waals surface area contributed by atoms with E-state index < -0.39 is 0 Å². The van der Waals surface area contributed by atoms with E-state index in [1.165, 1.54) is 0 Å². The molecule has 19 heavy (non-hydrogen) atoms. The van der Waals surface area contributed by atoms with E-state index in [0.29, 0.717) is 6.42 Å². The number of anilines is 1. The van der Waals surface area contributed by atoms with E-state index in [0.717, 1.165) is 34.4 Å². The molecule has 0 bridgehead atoms. The first-order valence-corrected chi connectivity index (χ1v) is 7.37. The Bertz CT molecular complexity index is 578. The average molecular weight is 321 g/mol. The number of carbonyl (C=O) groups excluding carboxylic acids is 1. The molecular formula is C15H17BrN2O. The van der Waals surface area contributed by atoms with Gasteiger partial charge in [0.2, 0.25) is 5.91 Å². The van der Waals surface area contributed by atoms with Gasteiger partial charge >= 0.3 is 0 Å². The van der Waals surface area contributed by atoms with Crippen molar-refractivity contribution < 1.29 is 4.79 Å². The largest absolute Gasteiger partial charge is 0.375 e. The number of rotatable bonds is 1. The number of nitrogens with zero attached hydrogens (tertiary/aromatic N) is 1. The van der Waals surface area contributed by atoms with Gasteiger partial charge < -0.3 is 10.2 Å². The normalized spacial score (nSPS) is 20.9. The summed E-state index contributed by atoms with van der Waals surface area (Å²) in [6, 6.07) is 6.10. The lowest BCUT2D eigenvalue weighted by Crippen LogP contribution is -2.36. The number of hydrogen-bond donors (Lipinski definition) is 1. The molecule has 3 nitrogen and oxygen atoms in total. The Balaban J connectivity index is 2.14. The third-order valence-electron chi connectivity index (χ3n) is 3.60. The summed E-state index contributed by atoms with van der Waals surface area (Å²) in [5.74, 6) is 0.231. The van der Waals surface area contributed by atoms with Crippen molar-refractivity contribution >= 4 is 33.2 Å². The van der Waals surface area contributed by atoms with Gasteiger partial charge in [-0.05, 0) is 48.3 Å². The van der Waals surface area contributed by atoms with Gasteiger partial charge in [0.25, 0.3) is 0 Å². The molecule has 1 aromatic rings. The van der Waals surface area contributed by atoms with Crippen LogP contribution < -0.4 is 5.32 Å². The van der Waals surface area contributed by atoms with Gasteiger partial charge in [0.05, 0.1) is 16.9 Å². The molecule has 2 aliphatic heterocycles. The van der Waals surface area contributed by atoms with Crippen LogP contribution in [0.4, 0.5) is 5.69 Å². The van der Waals surface area contributed by atoms with E-state index in [9.17, 15) is 4.79 Å². The van der Waals surface area contributed by atoms with Crippen molar-refractivity contribution in [2.24, 2.45) is 0 Å². The molecule has 0 aromatic heterocycles. The summed E-state index contributed by atoms with van der Waals surface area (Å²) >= 11 is 3.59. The Morgan fingerprint density at radius 2 is 2.16 bits per heavy atom. The monoisotopic (exact) mass is 320 g/mol. The van der Waals surface area contributed by atoms with Crippen molar-refractivity contribution in [2.45, 2.75) is 32.2 Å². The summed E-state index contributed by atoms with van der Waals surface area (Å²) in [4.78, 5) is 14.0. The van der Waals surface area contributed by atoms with Crippen LogP contribution in [-0.2, 0) is 4.79 Å². The van der Waals surface area contributed by atoms with Gasteiger partial charge in [0.15, 0.2) is 0 Å². The fraction of sp³-hybridized carbons (Fsp3) is 0.400. The number of likely N-dealkylation sites (tertiary alicyclic amines) is 1. The molecule has 1 aromatic carbocycles. The lowest BCUT2D eigenvalue weighted by Gasteiger charge is -2.35. The van der Waals surface area contributed by atoms with Crippen molar-refractivity contribution in [1.82, 2.24) is 4.90 Å². The minimum atomic E-state index is -0.158.